The van der Waals surface area contributed by atoms with Crippen LogP contribution in [0.4, 0.5) is 0 Å². The van der Waals surface area contributed by atoms with E-state index >= 15 is 0 Å². The Labute approximate surface area is 374 Å². The minimum absolute atomic E-state index is 0.137. The molecule has 0 aliphatic heterocycles. The lowest BCUT2D eigenvalue weighted by Gasteiger charge is -2.39. The zero-order chi connectivity index (χ0) is 46.0. The summed E-state index contributed by atoms with van der Waals surface area (Å²) < 4.78 is 150. The van der Waals surface area contributed by atoms with Crippen LogP contribution in [0.1, 0.15) is 33.4 Å². The average Bonchev–Trinajstić information content (AvgIpc) is 3.26. The van der Waals surface area contributed by atoms with Crippen molar-refractivity contribution in [3.05, 3.63) is 203 Å². The summed E-state index contributed by atoms with van der Waals surface area (Å²) in [5.41, 5.74) is 0.389. The summed E-state index contributed by atoms with van der Waals surface area (Å²) in [7, 11) is -15.1. The maximum atomic E-state index is 13.3. The van der Waals surface area contributed by atoms with Crippen LogP contribution in [0.15, 0.2) is 189 Å². The van der Waals surface area contributed by atoms with Gasteiger partial charge >= 0.3 is 0 Å². The van der Waals surface area contributed by atoms with Crippen molar-refractivity contribution in [3.8, 4) is 11.1 Å². The molecule has 0 saturated heterocycles. The molecule has 0 aliphatic rings. The van der Waals surface area contributed by atoms with Gasteiger partial charge in [0.15, 0.2) is 0 Å². The molecule has 0 aromatic heterocycles. The van der Waals surface area contributed by atoms with Crippen LogP contribution in [0.3, 0.4) is 0 Å². The van der Waals surface area contributed by atoms with E-state index in [4.69, 9.17) is 0 Å². The molecule has 0 fully saturated rings. The van der Waals surface area contributed by atoms with Crippen LogP contribution < -0.4 is 0 Å². The molecule has 8 aromatic rings. The summed E-state index contributed by atoms with van der Waals surface area (Å²) in [5.74, 6) is 0. The Hall–Kier alpha value is -5.22. The monoisotopic (exact) mass is 970 g/mol. The molecule has 326 valence electrons. The zero-order valence-corrected chi connectivity index (χ0v) is 38.6. The van der Waals surface area contributed by atoms with E-state index in [9.17, 15) is 51.9 Å². The molecular weight excluding hydrogens is 935 g/mol. The van der Waals surface area contributed by atoms with Gasteiger partial charge in [-0.25, -0.2) is 0 Å². The highest BCUT2D eigenvalue weighted by Gasteiger charge is 2.45. The Balaban J connectivity index is 1.69. The van der Waals surface area contributed by atoms with Crippen molar-refractivity contribution >= 4 is 80.5 Å². The third-order valence-corrected chi connectivity index (χ3v) is 16.8. The lowest BCUT2D eigenvalue weighted by Crippen LogP contribution is -2.29. The molecule has 0 amide bonds. The molecule has 0 bridgehead atoms. The van der Waals surface area contributed by atoms with Gasteiger partial charge in [-0.15, -0.1) is 18.5 Å². The highest BCUT2D eigenvalue weighted by atomic mass is 32.2. The largest absolute Gasteiger partial charge is 0.294 e. The van der Waals surface area contributed by atoms with Crippen LogP contribution in [0.25, 0.3) is 32.7 Å². The Bertz CT molecular complexity index is 3280. The van der Waals surface area contributed by atoms with Gasteiger partial charge in [0, 0.05) is 0 Å². The molecule has 64 heavy (non-hydrogen) atoms. The molecule has 8 rings (SSSR count). The van der Waals surface area contributed by atoms with Crippen LogP contribution in [0.2, 0.25) is 0 Å². The topological polar surface area (TPSA) is 217 Å². The van der Waals surface area contributed by atoms with Gasteiger partial charge in [0.25, 0.3) is 40.5 Å². The Morgan fingerprint density at radius 1 is 0.297 bits per heavy atom. The number of hydrogen-bond donors (Lipinski definition) is 4. The molecule has 0 radical (unpaired) electrons. The van der Waals surface area contributed by atoms with Gasteiger partial charge in [-0.1, -0.05) is 146 Å². The summed E-state index contributed by atoms with van der Waals surface area (Å²) >= 11 is 0. The summed E-state index contributed by atoms with van der Waals surface area (Å²) in [6.07, 6.45) is 0. The highest BCUT2D eigenvalue weighted by Crippen LogP contribution is 2.58. The molecule has 2 atom stereocenters. The number of rotatable bonds is 11. The SMILES string of the molecule is O=S(=O)(O)c1ccccc1C(P)(c1ccccc1S(=O)(=O)O)c1ccc2ccccc2c1-c1c(C(P)(c2ccccc2S(=O)(=O)O)c2ccccc2S(=O)(=O)O)ccc2ccccc12. The Morgan fingerprint density at radius 2 is 0.531 bits per heavy atom. The maximum Gasteiger partial charge on any atom is 0.294 e. The molecule has 4 N–H and O–H groups in total. The van der Waals surface area contributed by atoms with Crippen molar-refractivity contribution < 1.29 is 51.9 Å². The van der Waals surface area contributed by atoms with Crippen molar-refractivity contribution in [1.82, 2.24) is 0 Å². The second-order valence-electron chi connectivity index (χ2n) is 14.9. The van der Waals surface area contributed by atoms with Crippen molar-refractivity contribution in [1.29, 1.82) is 0 Å². The van der Waals surface area contributed by atoms with Crippen molar-refractivity contribution in [2.45, 2.75) is 29.9 Å². The van der Waals surface area contributed by atoms with E-state index in [0.29, 0.717) is 21.5 Å². The minimum Gasteiger partial charge on any atom is -0.282 e. The van der Waals surface area contributed by atoms with Crippen LogP contribution >= 0.6 is 18.5 Å². The van der Waals surface area contributed by atoms with Crippen LogP contribution in [0.5, 0.6) is 0 Å². The van der Waals surface area contributed by atoms with E-state index in [1.807, 2.05) is 0 Å². The zero-order valence-electron chi connectivity index (χ0n) is 33.0. The predicted molar refractivity (Wildman–Crippen MR) is 251 cm³/mol. The van der Waals surface area contributed by atoms with Gasteiger partial charge in [0.05, 0.1) is 29.9 Å². The number of hydrogen-bond acceptors (Lipinski definition) is 8. The smallest absolute Gasteiger partial charge is 0.282 e. The van der Waals surface area contributed by atoms with Gasteiger partial charge in [0.1, 0.15) is 0 Å². The van der Waals surface area contributed by atoms with E-state index in [1.54, 1.807) is 72.8 Å². The predicted octanol–water partition coefficient (Wildman–Crippen LogP) is 8.98. The number of benzene rings is 8. The minimum atomic E-state index is -5.07. The lowest BCUT2D eigenvalue weighted by atomic mass is 9.74. The summed E-state index contributed by atoms with van der Waals surface area (Å²) in [6.45, 7) is 0. The molecule has 0 saturated carbocycles. The first-order chi connectivity index (χ1) is 30.1. The highest BCUT2D eigenvalue weighted by molar-refractivity contribution is 7.86. The molecule has 0 spiro atoms. The Morgan fingerprint density at radius 3 is 0.797 bits per heavy atom. The molecule has 8 aromatic carbocycles. The fraction of sp³-hybridized carbons (Fsp3) is 0.0435. The van der Waals surface area contributed by atoms with Crippen LogP contribution in [-0.4, -0.2) is 51.9 Å². The van der Waals surface area contributed by atoms with E-state index in [2.05, 4.69) is 18.5 Å². The summed E-state index contributed by atoms with van der Waals surface area (Å²) in [4.78, 5) is -2.40. The molecule has 2 unspecified atom stereocenters. The summed E-state index contributed by atoms with van der Waals surface area (Å²) in [5, 5.41) is -1.84. The van der Waals surface area contributed by atoms with Crippen molar-refractivity contribution in [2.75, 3.05) is 0 Å². The molecule has 0 aliphatic carbocycles. The third-order valence-electron chi connectivity index (χ3n) is 11.3. The van der Waals surface area contributed by atoms with Gasteiger partial charge in [-0.3, -0.25) is 18.2 Å². The standard InChI is InChI=1S/C46H36O12P2S4/c47-61(48,49)39-21-9-5-17-33(39)45(59,34-18-6-10-22-40(34)62(50,51)52)37-27-25-29-13-1-3-15-31(29)43(37)44-32-16-4-2-14-30(32)26-28-38(44)46(60,35-19-7-11-23-41(35)63(53,54)55)36-20-8-12-24-42(36)64(56,57)58/h1-28H,59-60H2,(H,47,48,49)(H,50,51,52)(H,53,54,55)(H,56,57,58). The first kappa shape index (κ1) is 45.4. The number of fused-ring (bicyclic) bond motifs is 2. The molecule has 0 heterocycles. The third kappa shape index (κ3) is 7.77. The average molecular weight is 971 g/mol. The first-order valence-electron chi connectivity index (χ1n) is 19.0. The summed E-state index contributed by atoms with van der Waals surface area (Å²) in [6, 6.07) is 42.5. The van der Waals surface area contributed by atoms with E-state index in [-0.39, 0.29) is 44.5 Å². The quantitative estimate of drug-likeness (QED) is 0.0543. The van der Waals surface area contributed by atoms with Gasteiger partial charge in [-0.2, -0.15) is 33.7 Å². The molecule has 18 heteroatoms. The van der Waals surface area contributed by atoms with Crippen molar-refractivity contribution in [3.63, 3.8) is 0 Å². The van der Waals surface area contributed by atoms with E-state index in [1.165, 1.54) is 72.8 Å². The van der Waals surface area contributed by atoms with Crippen molar-refractivity contribution in [2.24, 2.45) is 0 Å². The maximum absolute atomic E-state index is 13.3. The second-order valence-corrected chi connectivity index (χ2v) is 22.2. The van der Waals surface area contributed by atoms with Crippen LogP contribution in [0, 0.1) is 0 Å². The van der Waals surface area contributed by atoms with E-state index in [0.717, 1.165) is 24.3 Å². The first-order valence-corrected chi connectivity index (χ1v) is 25.9. The van der Waals surface area contributed by atoms with Gasteiger partial charge in [0.2, 0.25) is 0 Å². The second kappa shape index (κ2) is 16.3. The van der Waals surface area contributed by atoms with Gasteiger partial charge < -0.3 is 0 Å². The molecular formula is C46H36O12P2S4. The Kier molecular flexibility index (Phi) is 11.6. The van der Waals surface area contributed by atoms with E-state index < -0.39 is 70.4 Å². The van der Waals surface area contributed by atoms with Crippen LogP contribution in [-0.2, 0) is 50.8 Å². The van der Waals surface area contributed by atoms with Gasteiger partial charge in [-0.05, 0) is 90.3 Å². The fourth-order valence-corrected chi connectivity index (χ4v) is 13.6. The molecule has 12 nitrogen and oxygen atoms in total. The lowest BCUT2D eigenvalue weighted by molar-refractivity contribution is 0.477. The normalized spacial score (nSPS) is 13.0. The fourth-order valence-electron chi connectivity index (χ4n) is 8.68.